The van der Waals surface area contributed by atoms with Crippen molar-refractivity contribution in [3.05, 3.63) is 128 Å². The molecule has 292 valence electrons. The summed E-state index contributed by atoms with van der Waals surface area (Å²) in [5, 5.41) is 44.7. The van der Waals surface area contributed by atoms with E-state index in [2.05, 4.69) is 21.7 Å². The van der Waals surface area contributed by atoms with Crippen LogP contribution in [0.5, 0.6) is 17.5 Å². The normalized spacial score (nSPS) is 12.1. The smallest absolute Gasteiger partial charge is 0.326 e. The van der Waals surface area contributed by atoms with Crippen LogP contribution in [0.25, 0.3) is 22.3 Å². The fraction of sp³-hybridized carbons (Fsp3) is 0.262. The Labute approximate surface area is 340 Å². The third-order valence-electron chi connectivity index (χ3n) is 8.82. The van der Waals surface area contributed by atoms with Crippen LogP contribution in [0.3, 0.4) is 0 Å². The second-order valence-corrected chi connectivity index (χ2v) is 14.2. The molecule has 0 saturated heterocycles. The Hall–Kier alpha value is -4.90. The van der Waals surface area contributed by atoms with Gasteiger partial charge < -0.3 is 34.8 Å². The first-order valence-corrected chi connectivity index (χ1v) is 18.8. The van der Waals surface area contributed by atoms with Gasteiger partial charge in [0, 0.05) is 47.5 Å². The fourth-order valence-electron chi connectivity index (χ4n) is 5.68. The molecule has 0 spiro atoms. The number of ether oxygens (including phenoxy) is 3. The van der Waals surface area contributed by atoms with Crippen LogP contribution >= 0.6 is 34.8 Å². The van der Waals surface area contributed by atoms with Crippen LogP contribution in [0.15, 0.2) is 84.9 Å². The number of benzene rings is 4. The van der Waals surface area contributed by atoms with E-state index >= 15 is 0 Å². The maximum atomic E-state index is 11.8. The summed E-state index contributed by atoms with van der Waals surface area (Å²) < 4.78 is 18.0. The Morgan fingerprint density at radius 1 is 0.839 bits per heavy atom. The lowest BCUT2D eigenvalue weighted by molar-refractivity contribution is -0.145. The Kier molecular flexibility index (Phi) is 14.9. The van der Waals surface area contributed by atoms with Crippen LogP contribution < -0.4 is 24.8 Å². The number of pyridine rings is 1. The molecule has 4 aromatic carbocycles. The first-order chi connectivity index (χ1) is 27.0. The zero-order chi connectivity index (χ0) is 40.2. The van der Waals surface area contributed by atoms with E-state index in [0.29, 0.717) is 57.7 Å². The number of nitrogens with one attached hydrogen (secondary N) is 2. The van der Waals surface area contributed by atoms with E-state index in [1.807, 2.05) is 73.7 Å². The molecule has 56 heavy (non-hydrogen) atoms. The van der Waals surface area contributed by atoms with Crippen LogP contribution in [0, 0.1) is 18.3 Å². The van der Waals surface area contributed by atoms with Crippen molar-refractivity contribution in [3.8, 4) is 45.8 Å². The third kappa shape index (κ3) is 10.7. The molecule has 0 bridgehead atoms. The zero-order valence-electron chi connectivity index (χ0n) is 30.7. The molecule has 0 amide bonds. The minimum absolute atomic E-state index is 0.0181. The molecule has 11 nitrogen and oxygen atoms in total. The second-order valence-electron chi connectivity index (χ2n) is 13.1. The molecule has 0 aliphatic rings. The molecule has 0 fully saturated rings. The summed E-state index contributed by atoms with van der Waals surface area (Å²) >= 11 is 20.7. The van der Waals surface area contributed by atoms with Crippen molar-refractivity contribution in [2.75, 3.05) is 32.9 Å². The number of aliphatic carboxylic acids is 1. The molecule has 5 aromatic rings. The lowest BCUT2D eigenvalue weighted by Crippen LogP contribution is -2.52. The standard InChI is InChI=1S/C42H41Cl3N4O7/c1-26-17-27(21-46)19-28(18-26)23-55-39-31(22-48-42(2,25-51)41(52)53)20-36(43)40(49-39)56-24-30-5-3-7-34(37(30)44)35-8-4-6-33(38(35)45)29-9-11-32(12-10-29)54-16-14-47-13-15-50/h3-12,17-20,47-48,50-51H,13-16,22-25H2,1-2H3,(H,52,53)/t42-/m0/s1. The van der Waals surface area contributed by atoms with Gasteiger partial charge >= 0.3 is 5.97 Å². The lowest BCUT2D eigenvalue weighted by atomic mass is 9.97. The van der Waals surface area contributed by atoms with Crippen LogP contribution in [0.4, 0.5) is 0 Å². The number of nitriles is 1. The van der Waals surface area contributed by atoms with E-state index in [4.69, 9.17) is 54.1 Å². The summed E-state index contributed by atoms with van der Waals surface area (Å²) in [6, 6.07) is 27.9. The summed E-state index contributed by atoms with van der Waals surface area (Å²) in [4.78, 5) is 16.4. The van der Waals surface area contributed by atoms with Gasteiger partial charge in [0.1, 0.15) is 36.1 Å². The predicted molar refractivity (Wildman–Crippen MR) is 217 cm³/mol. The van der Waals surface area contributed by atoms with E-state index in [9.17, 15) is 20.3 Å². The molecule has 0 aliphatic carbocycles. The van der Waals surface area contributed by atoms with Crippen molar-refractivity contribution in [2.45, 2.75) is 39.1 Å². The second kappa shape index (κ2) is 19.8. The van der Waals surface area contributed by atoms with Crippen molar-refractivity contribution in [1.29, 1.82) is 5.26 Å². The Balaban J connectivity index is 1.37. The predicted octanol–water partition coefficient (Wildman–Crippen LogP) is 7.60. The maximum Gasteiger partial charge on any atom is 0.326 e. The van der Waals surface area contributed by atoms with Crippen molar-refractivity contribution in [3.63, 3.8) is 0 Å². The summed E-state index contributed by atoms with van der Waals surface area (Å²) in [7, 11) is 0. The molecule has 0 radical (unpaired) electrons. The summed E-state index contributed by atoms with van der Waals surface area (Å²) in [5.41, 5.74) is 4.62. The molecule has 0 saturated carbocycles. The van der Waals surface area contributed by atoms with Gasteiger partial charge in [-0.25, -0.2) is 0 Å². The van der Waals surface area contributed by atoms with Gasteiger partial charge in [-0.05, 0) is 60.9 Å². The highest BCUT2D eigenvalue weighted by Gasteiger charge is 2.32. The van der Waals surface area contributed by atoms with Gasteiger partial charge in [-0.1, -0.05) is 89.4 Å². The number of aromatic nitrogens is 1. The molecule has 5 N–H and O–H groups in total. The number of hydrogen-bond acceptors (Lipinski definition) is 10. The highest BCUT2D eigenvalue weighted by atomic mass is 35.5. The van der Waals surface area contributed by atoms with E-state index in [1.54, 1.807) is 18.2 Å². The van der Waals surface area contributed by atoms with Gasteiger partial charge in [0.25, 0.3) is 0 Å². The SMILES string of the molecule is Cc1cc(C#N)cc(COc2nc(OCc3cccc(-c4cccc(-c5ccc(OCCNCCO)cc5)c4Cl)c3Cl)c(Cl)cc2CN[C@@](C)(CO)C(=O)O)c1. The van der Waals surface area contributed by atoms with Gasteiger partial charge in [-0.3, -0.25) is 10.1 Å². The topological polar surface area (TPSA) is 166 Å². The van der Waals surface area contributed by atoms with Crippen LogP contribution in [-0.2, 0) is 24.6 Å². The highest BCUT2D eigenvalue weighted by Crippen LogP contribution is 2.41. The van der Waals surface area contributed by atoms with Gasteiger partial charge in [0.2, 0.25) is 11.8 Å². The highest BCUT2D eigenvalue weighted by molar-refractivity contribution is 6.38. The number of halogens is 3. The Morgan fingerprint density at radius 3 is 2.23 bits per heavy atom. The quantitative estimate of drug-likeness (QED) is 0.0521. The largest absolute Gasteiger partial charge is 0.492 e. The van der Waals surface area contributed by atoms with E-state index < -0.39 is 18.1 Å². The molecule has 1 heterocycles. The molecule has 5 rings (SSSR count). The van der Waals surface area contributed by atoms with E-state index in [0.717, 1.165) is 27.8 Å². The van der Waals surface area contributed by atoms with Crippen LogP contribution in [-0.4, -0.2) is 64.7 Å². The molecular formula is C42H41Cl3N4O7. The number of aliphatic hydroxyl groups is 2. The van der Waals surface area contributed by atoms with Crippen LogP contribution in [0.1, 0.15) is 34.7 Å². The van der Waals surface area contributed by atoms with Crippen molar-refractivity contribution >= 4 is 40.8 Å². The lowest BCUT2D eigenvalue weighted by Gasteiger charge is -2.24. The zero-order valence-corrected chi connectivity index (χ0v) is 33.0. The Morgan fingerprint density at radius 2 is 1.54 bits per heavy atom. The fourth-order valence-corrected chi connectivity index (χ4v) is 6.53. The summed E-state index contributed by atoms with van der Waals surface area (Å²) in [5.74, 6) is -0.366. The minimum atomic E-state index is -1.64. The van der Waals surface area contributed by atoms with Crippen LogP contribution in [0.2, 0.25) is 15.1 Å². The first kappa shape index (κ1) is 42.2. The number of nitrogens with zero attached hydrogens (tertiary/aromatic N) is 2. The molecule has 0 aliphatic heterocycles. The maximum absolute atomic E-state index is 11.8. The van der Waals surface area contributed by atoms with Crippen molar-refractivity contribution in [2.24, 2.45) is 0 Å². The van der Waals surface area contributed by atoms with E-state index in [1.165, 1.54) is 6.92 Å². The summed E-state index contributed by atoms with van der Waals surface area (Å²) in [6.07, 6.45) is 0. The van der Waals surface area contributed by atoms with Gasteiger partial charge in [0.05, 0.1) is 34.9 Å². The number of aliphatic hydroxyl groups excluding tert-OH is 2. The molecule has 1 aromatic heterocycles. The minimum Gasteiger partial charge on any atom is -0.492 e. The van der Waals surface area contributed by atoms with Crippen molar-refractivity contribution in [1.82, 2.24) is 15.6 Å². The number of hydrogen-bond donors (Lipinski definition) is 5. The van der Waals surface area contributed by atoms with E-state index in [-0.39, 0.29) is 43.1 Å². The number of aryl methyl sites for hydroxylation is 1. The Bertz CT molecular complexity index is 2200. The number of carbonyl (C=O) groups is 1. The number of carboxylic acids is 1. The molecule has 1 atom stereocenters. The third-order valence-corrected chi connectivity index (χ3v) is 9.94. The monoisotopic (exact) mass is 818 g/mol. The summed E-state index contributed by atoms with van der Waals surface area (Å²) in [6.45, 7) is 4.20. The van der Waals surface area contributed by atoms with Gasteiger partial charge in [0.15, 0.2) is 0 Å². The average molecular weight is 820 g/mol. The molecular weight excluding hydrogens is 779 g/mol. The number of carboxylic acid groups (broad SMARTS) is 1. The van der Waals surface area contributed by atoms with Gasteiger partial charge in [-0.2, -0.15) is 10.2 Å². The number of rotatable bonds is 19. The van der Waals surface area contributed by atoms with Crippen molar-refractivity contribution < 1.29 is 34.3 Å². The average Bonchev–Trinajstić information content (AvgIpc) is 3.19. The van der Waals surface area contributed by atoms with Gasteiger partial charge in [-0.15, -0.1) is 0 Å². The molecule has 14 heteroatoms. The molecule has 0 unspecified atom stereocenters. The first-order valence-electron chi connectivity index (χ1n) is 17.6.